The largest absolute Gasteiger partial charge is 0.350 e. The molecule has 0 spiro atoms. The van der Waals surface area contributed by atoms with Crippen LogP contribution in [0.4, 0.5) is 4.79 Å². The van der Waals surface area contributed by atoms with Gasteiger partial charge in [0, 0.05) is 12.4 Å². The maximum atomic E-state index is 11.3. The van der Waals surface area contributed by atoms with Crippen LogP contribution in [0.15, 0.2) is 18.5 Å². The van der Waals surface area contributed by atoms with Gasteiger partial charge in [0.2, 0.25) is 0 Å². The maximum Gasteiger partial charge on any atom is 0.330 e. The zero-order valence-electron chi connectivity index (χ0n) is 6.95. The van der Waals surface area contributed by atoms with E-state index in [0.717, 1.165) is 0 Å². The normalized spacial score (nSPS) is 9.21. The van der Waals surface area contributed by atoms with Gasteiger partial charge in [-0.25, -0.2) is 10.2 Å². The monoisotopic (exact) mass is 214 g/mol. The van der Waals surface area contributed by atoms with Crippen molar-refractivity contribution in [2.45, 2.75) is 0 Å². The lowest BCUT2D eigenvalue weighted by atomic mass is 10.2. The Morgan fingerprint density at radius 2 is 2.14 bits per heavy atom. The lowest BCUT2D eigenvalue weighted by molar-refractivity contribution is 0.0937. The predicted octanol–water partition coefficient (Wildman–Crippen LogP) is 0.0481. The van der Waals surface area contributed by atoms with Gasteiger partial charge in [-0.3, -0.25) is 15.2 Å². The van der Waals surface area contributed by atoms with Crippen molar-refractivity contribution in [2.75, 3.05) is 0 Å². The first-order valence-corrected chi connectivity index (χ1v) is 3.94. The van der Waals surface area contributed by atoms with Crippen LogP contribution in [0.1, 0.15) is 10.4 Å². The maximum absolute atomic E-state index is 11.3. The van der Waals surface area contributed by atoms with Crippen LogP contribution in [-0.4, -0.2) is 16.9 Å². The van der Waals surface area contributed by atoms with E-state index < -0.39 is 11.9 Å². The predicted molar refractivity (Wildman–Crippen MR) is 49.4 cm³/mol. The minimum absolute atomic E-state index is 0.191. The fourth-order valence-corrected chi connectivity index (χ4v) is 0.950. The number of nitrogens with zero attached hydrogens (tertiary/aromatic N) is 1. The molecular weight excluding hydrogens is 208 g/mol. The number of aromatic nitrogens is 1. The average Bonchev–Trinajstić information content (AvgIpc) is 2.15. The molecule has 7 heteroatoms. The molecule has 0 bridgehead atoms. The number of hydrogen-bond acceptors (Lipinski definition) is 3. The third-order valence-corrected chi connectivity index (χ3v) is 1.62. The van der Waals surface area contributed by atoms with Crippen molar-refractivity contribution < 1.29 is 9.59 Å². The molecule has 0 saturated heterocycles. The van der Waals surface area contributed by atoms with Crippen molar-refractivity contribution in [1.82, 2.24) is 15.8 Å². The quantitative estimate of drug-likeness (QED) is 0.576. The number of primary amides is 1. The number of pyridine rings is 1. The number of nitrogens with two attached hydrogens (primary N) is 1. The van der Waals surface area contributed by atoms with E-state index in [1.807, 2.05) is 5.43 Å². The van der Waals surface area contributed by atoms with Gasteiger partial charge < -0.3 is 5.73 Å². The molecule has 1 aromatic heterocycles. The minimum atomic E-state index is -0.858. The molecule has 0 aromatic carbocycles. The first kappa shape index (κ1) is 10.3. The first-order valence-electron chi connectivity index (χ1n) is 3.56. The molecule has 6 nitrogen and oxygen atoms in total. The van der Waals surface area contributed by atoms with Gasteiger partial charge in [0.25, 0.3) is 5.91 Å². The van der Waals surface area contributed by atoms with Crippen molar-refractivity contribution >= 4 is 23.5 Å². The Morgan fingerprint density at radius 1 is 1.43 bits per heavy atom. The van der Waals surface area contributed by atoms with Crippen molar-refractivity contribution in [2.24, 2.45) is 5.73 Å². The number of urea groups is 1. The summed E-state index contributed by atoms with van der Waals surface area (Å²) >= 11 is 5.67. The van der Waals surface area contributed by atoms with E-state index >= 15 is 0 Å². The zero-order chi connectivity index (χ0) is 10.6. The fourth-order valence-electron chi connectivity index (χ4n) is 0.745. The summed E-state index contributed by atoms with van der Waals surface area (Å²) in [6.07, 6.45) is 2.73. The molecule has 1 heterocycles. The Balaban J connectivity index is 2.70. The van der Waals surface area contributed by atoms with Gasteiger partial charge in [-0.1, -0.05) is 11.6 Å². The van der Waals surface area contributed by atoms with Crippen LogP contribution < -0.4 is 16.6 Å². The zero-order valence-corrected chi connectivity index (χ0v) is 7.71. The summed E-state index contributed by atoms with van der Waals surface area (Å²) in [4.78, 5) is 25.2. The lowest BCUT2D eigenvalue weighted by Gasteiger charge is -2.05. The van der Waals surface area contributed by atoms with Gasteiger partial charge in [-0.05, 0) is 6.07 Å². The highest BCUT2D eigenvalue weighted by Crippen LogP contribution is 2.12. The van der Waals surface area contributed by atoms with Crippen LogP contribution in [0.5, 0.6) is 0 Å². The summed E-state index contributed by atoms with van der Waals surface area (Å²) in [6, 6.07) is 0.559. The number of carbonyl (C=O) groups excluding carboxylic acids is 2. The third-order valence-electron chi connectivity index (χ3n) is 1.32. The second-order valence-electron chi connectivity index (χ2n) is 2.30. The Hall–Kier alpha value is -1.82. The number of hydrogen-bond donors (Lipinski definition) is 3. The van der Waals surface area contributed by atoms with Gasteiger partial charge >= 0.3 is 6.03 Å². The number of hydrazine groups is 1. The lowest BCUT2D eigenvalue weighted by Crippen LogP contribution is -2.44. The number of amides is 3. The minimum Gasteiger partial charge on any atom is -0.350 e. The SMILES string of the molecule is NC(=O)NNC(=O)c1ccncc1Cl. The van der Waals surface area contributed by atoms with Crippen molar-refractivity contribution in [1.29, 1.82) is 0 Å². The fraction of sp³-hybridized carbons (Fsp3) is 0. The number of carbonyl (C=O) groups is 2. The van der Waals surface area contributed by atoms with Gasteiger partial charge in [0.1, 0.15) is 0 Å². The molecule has 0 unspecified atom stereocenters. The number of nitrogens with one attached hydrogen (secondary N) is 2. The van der Waals surface area contributed by atoms with Gasteiger partial charge in [-0.15, -0.1) is 0 Å². The van der Waals surface area contributed by atoms with E-state index in [-0.39, 0.29) is 10.6 Å². The van der Waals surface area contributed by atoms with E-state index in [9.17, 15) is 9.59 Å². The van der Waals surface area contributed by atoms with Crippen LogP contribution >= 0.6 is 11.6 Å². The molecule has 1 rings (SSSR count). The third kappa shape index (κ3) is 2.60. The average molecular weight is 215 g/mol. The standard InChI is InChI=1S/C7H7ClN4O2/c8-5-3-10-2-1-4(5)6(13)11-12-7(9)14/h1-3H,(H,11,13)(H3,9,12,14). The molecule has 1 aromatic rings. The first-order chi connectivity index (χ1) is 6.61. The summed E-state index contributed by atoms with van der Waals surface area (Å²) in [5.41, 5.74) is 8.95. The molecule has 14 heavy (non-hydrogen) atoms. The van der Waals surface area contributed by atoms with Crippen molar-refractivity contribution in [3.8, 4) is 0 Å². The summed E-state index contributed by atoms with van der Waals surface area (Å²) in [5.74, 6) is -0.559. The molecule has 3 amide bonds. The van der Waals surface area contributed by atoms with E-state index in [4.69, 9.17) is 17.3 Å². The van der Waals surface area contributed by atoms with E-state index in [1.54, 1.807) is 0 Å². The Bertz CT molecular complexity index is 368. The molecule has 0 aliphatic carbocycles. The number of halogens is 1. The molecule has 0 saturated carbocycles. The second kappa shape index (κ2) is 4.43. The van der Waals surface area contributed by atoms with Crippen molar-refractivity contribution in [3.63, 3.8) is 0 Å². The Kier molecular flexibility index (Phi) is 3.24. The topological polar surface area (TPSA) is 97.1 Å². The van der Waals surface area contributed by atoms with Gasteiger partial charge in [0.15, 0.2) is 0 Å². The Labute approximate surface area is 84.4 Å². The second-order valence-corrected chi connectivity index (χ2v) is 2.71. The molecular formula is C7H7ClN4O2. The van der Waals surface area contributed by atoms with E-state index in [1.165, 1.54) is 18.5 Å². The van der Waals surface area contributed by atoms with Crippen LogP contribution in [0.2, 0.25) is 5.02 Å². The molecule has 0 aliphatic heterocycles. The highest BCUT2D eigenvalue weighted by molar-refractivity contribution is 6.33. The van der Waals surface area contributed by atoms with Crippen LogP contribution in [0.3, 0.4) is 0 Å². The molecule has 0 fully saturated rings. The highest BCUT2D eigenvalue weighted by atomic mass is 35.5. The van der Waals surface area contributed by atoms with Crippen molar-refractivity contribution in [3.05, 3.63) is 29.0 Å². The number of rotatable bonds is 1. The van der Waals surface area contributed by atoms with Crippen LogP contribution in [0.25, 0.3) is 0 Å². The summed E-state index contributed by atoms with van der Waals surface area (Å²) in [7, 11) is 0. The molecule has 74 valence electrons. The molecule has 0 atom stereocenters. The molecule has 0 radical (unpaired) electrons. The summed E-state index contributed by atoms with van der Waals surface area (Å²) in [6.45, 7) is 0. The summed E-state index contributed by atoms with van der Waals surface area (Å²) < 4.78 is 0. The smallest absolute Gasteiger partial charge is 0.330 e. The van der Waals surface area contributed by atoms with Gasteiger partial charge in [-0.2, -0.15) is 0 Å². The molecule has 0 aliphatic rings. The summed E-state index contributed by atoms with van der Waals surface area (Å²) in [5, 5.41) is 0.191. The van der Waals surface area contributed by atoms with E-state index in [2.05, 4.69) is 10.4 Å². The van der Waals surface area contributed by atoms with Gasteiger partial charge in [0.05, 0.1) is 10.6 Å². The van der Waals surface area contributed by atoms with Crippen LogP contribution in [0, 0.1) is 0 Å². The van der Waals surface area contributed by atoms with E-state index in [0.29, 0.717) is 0 Å². The Morgan fingerprint density at radius 3 is 2.71 bits per heavy atom. The highest BCUT2D eigenvalue weighted by Gasteiger charge is 2.09. The molecule has 4 N–H and O–H groups in total. The van der Waals surface area contributed by atoms with Crippen LogP contribution in [-0.2, 0) is 0 Å².